The molecule has 1 unspecified atom stereocenters. The van der Waals surface area contributed by atoms with Crippen LogP contribution in [-0.2, 0) is 5.41 Å². The van der Waals surface area contributed by atoms with E-state index in [0.717, 1.165) is 22.4 Å². The fourth-order valence-corrected chi connectivity index (χ4v) is 3.11. The van der Waals surface area contributed by atoms with Crippen molar-refractivity contribution in [3.05, 3.63) is 71.7 Å². The number of amides is 1. The Morgan fingerprint density at radius 3 is 2.17 bits per heavy atom. The summed E-state index contributed by atoms with van der Waals surface area (Å²) in [5, 5.41) is 0. The highest BCUT2D eigenvalue weighted by Crippen LogP contribution is 2.33. The summed E-state index contributed by atoms with van der Waals surface area (Å²) in [6, 6.07) is 11.1. The lowest BCUT2D eigenvalue weighted by Crippen LogP contribution is -2.43. The van der Waals surface area contributed by atoms with Crippen molar-refractivity contribution in [1.82, 2.24) is 15.0 Å². The number of hydrogen-bond acceptors (Lipinski definition) is 5. The zero-order valence-electron chi connectivity index (χ0n) is 17.6. The highest BCUT2D eigenvalue weighted by molar-refractivity contribution is 6.06. The maximum Gasteiger partial charge on any atom is 0.278 e. The number of anilines is 1. The van der Waals surface area contributed by atoms with Gasteiger partial charge in [0.25, 0.3) is 5.91 Å². The summed E-state index contributed by atoms with van der Waals surface area (Å²) >= 11 is 0. The Bertz CT molecular complexity index is 1060. The van der Waals surface area contributed by atoms with E-state index >= 15 is 0 Å². The lowest BCUT2D eigenvalue weighted by atomic mass is 9.73. The van der Waals surface area contributed by atoms with Crippen molar-refractivity contribution < 1.29 is 4.79 Å². The molecule has 2 aromatic heterocycles. The monoisotopic (exact) mass is 402 g/mol. The summed E-state index contributed by atoms with van der Waals surface area (Å²) in [6.45, 7) is 8.03. The zero-order chi connectivity index (χ0) is 21.9. The van der Waals surface area contributed by atoms with Crippen LogP contribution in [0.15, 0.2) is 60.0 Å². The van der Waals surface area contributed by atoms with Gasteiger partial charge in [0.2, 0.25) is 5.95 Å². The van der Waals surface area contributed by atoms with Gasteiger partial charge in [-0.25, -0.2) is 9.97 Å². The lowest BCUT2D eigenvalue weighted by molar-refractivity contribution is 0.100. The molecule has 0 spiro atoms. The molecule has 3 aromatic rings. The van der Waals surface area contributed by atoms with E-state index in [1.165, 1.54) is 0 Å². The van der Waals surface area contributed by atoms with E-state index in [-0.39, 0.29) is 23.6 Å². The van der Waals surface area contributed by atoms with Gasteiger partial charge in [-0.1, -0.05) is 37.6 Å². The summed E-state index contributed by atoms with van der Waals surface area (Å²) < 4.78 is 0. The van der Waals surface area contributed by atoms with Gasteiger partial charge in [0.05, 0.1) is 11.1 Å². The minimum absolute atomic E-state index is 0.0829. The maximum atomic E-state index is 12.6. The van der Waals surface area contributed by atoms with Crippen molar-refractivity contribution in [2.75, 3.05) is 5.73 Å². The molecule has 4 N–H and O–H groups in total. The first kappa shape index (κ1) is 21.1. The molecular formula is C23H26N6O. The third-order valence-electron chi connectivity index (χ3n) is 5.54. The second kappa shape index (κ2) is 8.41. The number of benzene rings is 1. The van der Waals surface area contributed by atoms with Crippen molar-refractivity contribution in [2.45, 2.75) is 33.1 Å². The Balaban J connectivity index is 1.93. The molecule has 30 heavy (non-hydrogen) atoms. The molecule has 0 saturated heterocycles. The largest absolute Gasteiger partial charge is 0.386 e. The Hall–Kier alpha value is -3.61. The normalized spacial score (nSPS) is 13.8. The van der Waals surface area contributed by atoms with E-state index in [4.69, 9.17) is 11.5 Å². The highest BCUT2D eigenvalue weighted by Gasteiger charge is 2.36. The first-order valence-electron chi connectivity index (χ1n) is 9.72. The van der Waals surface area contributed by atoms with E-state index in [9.17, 15) is 4.79 Å². The zero-order valence-corrected chi connectivity index (χ0v) is 17.6. The summed E-state index contributed by atoms with van der Waals surface area (Å²) in [5.41, 5.74) is 15.2. The minimum Gasteiger partial charge on any atom is -0.386 e. The Labute approximate surface area is 176 Å². The summed E-state index contributed by atoms with van der Waals surface area (Å²) in [7, 11) is 0. The number of carbonyl (C=O) groups is 1. The summed E-state index contributed by atoms with van der Waals surface area (Å²) in [5.74, 6) is 0.195. The fraction of sp³-hybridized carbons (Fsp3) is 0.261. The average molecular weight is 403 g/mol. The maximum absolute atomic E-state index is 12.6. The predicted octanol–water partition coefficient (Wildman–Crippen LogP) is 3.54. The van der Waals surface area contributed by atoms with Crippen LogP contribution in [0, 0.1) is 12.8 Å². The Kier molecular flexibility index (Phi) is 5.91. The van der Waals surface area contributed by atoms with Crippen LogP contribution >= 0.6 is 0 Å². The fourth-order valence-electron chi connectivity index (χ4n) is 3.11. The van der Waals surface area contributed by atoms with Gasteiger partial charge in [0.1, 0.15) is 5.84 Å². The van der Waals surface area contributed by atoms with E-state index in [2.05, 4.69) is 19.9 Å². The third-order valence-corrected chi connectivity index (χ3v) is 5.54. The van der Waals surface area contributed by atoms with Crippen molar-refractivity contribution in [3.63, 3.8) is 0 Å². The highest BCUT2D eigenvalue weighted by atomic mass is 16.1. The van der Waals surface area contributed by atoms with Crippen molar-refractivity contribution in [3.8, 4) is 11.3 Å². The quantitative estimate of drug-likeness (QED) is 0.497. The standard InChI is InChI=1S/C23H26N6O/c1-14(2)23(4,21(24)29-20(30)16-7-5-15(3)6-8-16)18-9-10-19(26-13-18)17-11-27-22(25)28-12-17/h5-14H,1-4H3,(H2,24,29,30)(H2,25,27,28). The topological polar surface area (TPSA) is 120 Å². The minimum atomic E-state index is -0.663. The molecule has 1 amide bonds. The molecule has 7 nitrogen and oxygen atoms in total. The van der Waals surface area contributed by atoms with Crippen molar-refractivity contribution >= 4 is 17.7 Å². The van der Waals surface area contributed by atoms with Gasteiger partial charge in [-0.15, -0.1) is 0 Å². The molecule has 1 atom stereocenters. The second-order valence-electron chi connectivity index (χ2n) is 7.79. The van der Waals surface area contributed by atoms with Crippen molar-refractivity contribution in [1.29, 1.82) is 0 Å². The van der Waals surface area contributed by atoms with Crippen LogP contribution in [-0.4, -0.2) is 26.7 Å². The molecule has 1 aromatic carbocycles. The first-order chi connectivity index (χ1) is 14.2. The van der Waals surface area contributed by atoms with Gasteiger partial charge in [-0.3, -0.25) is 9.78 Å². The third kappa shape index (κ3) is 4.20. The molecular weight excluding hydrogens is 376 g/mol. The van der Waals surface area contributed by atoms with Crippen LogP contribution in [0.2, 0.25) is 0 Å². The molecule has 0 aliphatic rings. The van der Waals surface area contributed by atoms with Gasteiger partial charge in [-0.2, -0.15) is 4.99 Å². The molecule has 0 bridgehead atoms. The van der Waals surface area contributed by atoms with Crippen LogP contribution in [0.4, 0.5) is 5.95 Å². The molecule has 0 fully saturated rings. The lowest BCUT2D eigenvalue weighted by Gasteiger charge is -2.33. The smallest absolute Gasteiger partial charge is 0.278 e. The molecule has 0 aliphatic carbocycles. The predicted molar refractivity (Wildman–Crippen MR) is 119 cm³/mol. The van der Waals surface area contributed by atoms with Gasteiger partial charge >= 0.3 is 0 Å². The SMILES string of the molecule is Cc1ccc(C(=O)N=C(N)C(C)(c2ccc(-c3cnc(N)nc3)nc2)C(C)C)cc1. The number of aromatic nitrogens is 3. The van der Waals surface area contributed by atoms with Gasteiger partial charge in [0.15, 0.2) is 0 Å². The van der Waals surface area contributed by atoms with Crippen LogP contribution < -0.4 is 11.5 Å². The molecule has 7 heteroatoms. The Morgan fingerprint density at radius 2 is 1.63 bits per heavy atom. The number of rotatable bonds is 5. The van der Waals surface area contributed by atoms with Crippen LogP contribution in [0.25, 0.3) is 11.3 Å². The number of nitrogens with zero attached hydrogens (tertiary/aromatic N) is 4. The molecule has 0 saturated carbocycles. The summed E-state index contributed by atoms with van der Waals surface area (Å²) in [6.07, 6.45) is 5.01. The average Bonchev–Trinajstić information content (AvgIpc) is 2.74. The number of amidine groups is 1. The molecule has 154 valence electrons. The van der Waals surface area contributed by atoms with E-state index < -0.39 is 5.41 Å². The number of hydrogen-bond donors (Lipinski definition) is 2. The molecule has 2 heterocycles. The number of nitrogen functional groups attached to an aromatic ring is 1. The number of pyridine rings is 1. The van der Waals surface area contributed by atoms with E-state index in [0.29, 0.717) is 5.56 Å². The molecule has 0 aliphatic heterocycles. The van der Waals surface area contributed by atoms with E-state index in [1.54, 1.807) is 30.7 Å². The number of nitrogens with two attached hydrogens (primary N) is 2. The number of aryl methyl sites for hydroxylation is 1. The van der Waals surface area contributed by atoms with Crippen LogP contribution in [0.5, 0.6) is 0 Å². The summed E-state index contributed by atoms with van der Waals surface area (Å²) in [4.78, 5) is 29.4. The molecule has 0 radical (unpaired) electrons. The van der Waals surface area contributed by atoms with Crippen molar-refractivity contribution in [2.24, 2.45) is 16.6 Å². The van der Waals surface area contributed by atoms with Gasteiger partial charge in [-0.05, 0) is 43.5 Å². The van der Waals surface area contributed by atoms with Gasteiger partial charge in [0, 0.05) is 29.7 Å². The number of aliphatic imine (C=N–C) groups is 1. The first-order valence-corrected chi connectivity index (χ1v) is 9.72. The molecule has 3 rings (SSSR count). The second-order valence-corrected chi connectivity index (χ2v) is 7.79. The number of carbonyl (C=O) groups excluding carboxylic acids is 1. The Morgan fingerprint density at radius 1 is 1.00 bits per heavy atom. The van der Waals surface area contributed by atoms with Crippen LogP contribution in [0.3, 0.4) is 0 Å². The van der Waals surface area contributed by atoms with Gasteiger partial charge < -0.3 is 11.5 Å². The van der Waals surface area contributed by atoms with Crippen LogP contribution in [0.1, 0.15) is 42.3 Å². The van der Waals surface area contributed by atoms with E-state index in [1.807, 2.05) is 52.0 Å².